The zero-order valence-electron chi connectivity index (χ0n) is 10.4. The number of hydrogen-bond acceptors (Lipinski definition) is 3. The lowest BCUT2D eigenvalue weighted by molar-refractivity contribution is 0.0699. The molecule has 3 nitrogen and oxygen atoms in total. The molecule has 0 radical (unpaired) electrons. The minimum Gasteiger partial charge on any atom is -0.381 e. The minimum absolute atomic E-state index is 0.0305. The van der Waals surface area contributed by atoms with Gasteiger partial charge in [0.15, 0.2) is 0 Å². The summed E-state index contributed by atoms with van der Waals surface area (Å²) in [5.74, 6) is 0.521. The Morgan fingerprint density at radius 1 is 1.53 bits per heavy atom. The van der Waals surface area contributed by atoms with Crippen LogP contribution in [-0.4, -0.2) is 24.7 Å². The van der Waals surface area contributed by atoms with Gasteiger partial charge in [0.1, 0.15) is 10.4 Å². The molecule has 1 saturated heterocycles. The number of aromatic nitrogens is 1. The van der Waals surface area contributed by atoms with Crippen LogP contribution < -0.4 is 5.32 Å². The molecule has 2 heterocycles. The molecule has 1 aromatic heterocycles. The second kappa shape index (κ2) is 5.47. The fraction of sp³-hybridized carbons (Fsp3) is 0.545. The molecule has 0 bridgehead atoms. The molecule has 1 N–H and O–H groups in total. The van der Waals surface area contributed by atoms with Gasteiger partial charge in [-0.1, -0.05) is 6.07 Å². The highest BCUT2D eigenvalue weighted by Gasteiger charge is 2.13. The number of rotatable bonds is 3. The molecule has 0 unspecified atom stereocenters. The zero-order chi connectivity index (χ0) is 12.3. The van der Waals surface area contributed by atoms with Crippen molar-refractivity contribution in [1.29, 1.82) is 0 Å². The van der Waals surface area contributed by atoms with Crippen molar-refractivity contribution in [3.63, 3.8) is 0 Å². The summed E-state index contributed by atoms with van der Waals surface area (Å²) in [5.41, 5.74) is 0. The molecule has 0 saturated carbocycles. The topological polar surface area (TPSA) is 34.2 Å². The van der Waals surface area contributed by atoms with Gasteiger partial charge >= 0.3 is 0 Å². The van der Waals surface area contributed by atoms with E-state index in [9.17, 15) is 0 Å². The van der Waals surface area contributed by atoms with E-state index in [0.29, 0.717) is 23.6 Å². The first-order valence-electron chi connectivity index (χ1n) is 6.06. The van der Waals surface area contributed by atoms with Gasteiger partial charge in [-0.2, -0.15) is 0 Å². The van der Waals surface area contributed by atoms with Gasteiger partial charge in [-0.05, 0) is 46.8 Å². The summed E-state index contributed by atoms with van der Waals surface area (Å²) in [6.45, 7) is -0.173. The number of nitrogens with one attached hydrogen (secondary N) is 1. The molecule has 4 heteroatoms. The summed E-state index contributed by atoms with van der Waals surface area (Å²) in [6, 6.07) is 5.41. The van der Waals surface area contributed by atoms with E-state index in [1.165, 1.54) is 0 Å². The Morgan fingerprint density at radius 3 is 3.07 bits per heavy atom. The van der Waals surface area contributed by atoms with Gasteiger partial charge < -0.3 is 10.1 Å². The SMILES string of the molecule is [2H]C([2H])(Nc1cccc(Br)n1)C1CCOCC1. The second-order valence-corrected chi connectivity index (χ2v) is 4.31. The van der Waals surface area contributed by atoms with Gasteiger partial charge in [0, 0.05) is 22.5 Å². The average molecular weight is 273 g/mol. The maximum atomic E-state index is 8.07. The Labute approximate surface area is 101 Å². The number of anilines is 1. The van der Waals surface area contributed by atoms with Crippen LogP contribution in [0.4, 0.5) is 5.82 Å². The standard InChI is InChI=1S/C11H15BrN2O/c12-10-2-1-3-11(14-10)13-8-9-4-6-15-7-5-9/h1-3,9H,4-8H2,(H,13,14)/i8D2. The summed E-state index contributed by atoms with van der Waals surface area (Å²) in [4.78, 5) is 4.19. The maximum Gasteiger partial charge on any atom is 0.127 e. The first-order chi connectivity index (χ1) is 8.08. The van der Waals surface area contributed by atoms with Gasteiger partial charge in [-0.3, -0.25) is 0 Å². The minimum atomic E-state index is -1.45. The van der Waals surface area contributed by atoms with Crippen molar-refractivity contribution in [2.24, 2.45) is 5.92 Å². The van der Waals surface area contributed by atoms with Gasteiger partial charge in [0.05, 0.1) is 0 Å². The normalized spacial score (nSPS) is 20.6. The summed E-state index contributed by atoms with van der Waals surface area (Å²) in [5, 5.41) is 2.87. The van der Waals surface area contributed by atoms with Crippen LogP contribution in [0.5, 0.6) is 0 Å². The fourth-order valence-electron chi connectivity index (χ4n) is 1.50. The molecular formula is C11H15BrN2O. The molecule has 82 valence electrons. The Kier molecular flexibility index (Phi) is 3.11. The van der Waals surface area contributed by atoms with Gasteiger partial charge in [0.2, 0.25) is 0 Å². The van der Waals surface area contributed by atoms with Crippen molar-refractivity contribution < 1.29 is 7.48 Å². The molecule has 0 spiro atoms. The van der Waals surface area contributed by atoms with Crippen LogP contribution in [0.15, 0.2) is 22.8 Å². The van der Waals surface area contributed by atoms with E-state index in [1.54, 1.807) is 6.07 Å². The highest BCUT2D eigenvalue weighted by Crippen LogP contribution is 2.16. The maximum absolute atomic E-state index is 8.07. The van der Waals surface area contributed by atoms with E-state index in [-0.39, 0.29) is 5.92 Å². The molecular weight excluding hydrogens is 256 g/mol. The van der Waals surface area contributed by atoms with Crippen LogP contribution in [0.3, 0.4) is 0 Å². The molecule has 0 aromatic carbocycles. The first kappa shape index (κ1) is 8.53. The third-order valence-electron chi connectivity index (χ3n) is 2.34. The summed E-state index contributed by atoms with van der Waals surface area (Å²) in [6.07, 6.45) is 1.49. The molecule has 1 aromatic rings. The number of hydrogen-bond donors (Lipinski definition) is 1. The molecule has 1 aliphatic rings. The molecule has 15 heavy (non-hydrogen) atoms. The Balaban J connectivity index is 2.05. The van der Waals surface area contributed by atoms with E-state index in [0.717, 1.165) is 12.8 Å². The van der Waals surface area contributed by atoms with Crippen LogP contribution in [0.25, 0.3) is 0 Å². The quantitative estimate of drug-likeness (QED) is 0.860. The van der Waals surface area contributed by atoms with Gasteiger partial charge in [0.25, 0.3) is 0 Å². The lowest BCUT2D eigenvalue weighted by atomic mass is 10.0. The Hall–Kier alpha value is -0.610. The molecule has 0 atom stereocenters. The predicted molar refractivity (Wildman–Crippen MR) is 64.0 cm³/mol. The third-order valence-corrected chi connectivity index (χ3v) is 2.78. The van der Waals surface area contributed by atoms with Gasteiger partial charge in [-0.15, -0.1) is 0 Å². The third kappa shape index (κ3) is 3.47. The molecule has 0 amide bonds. The van der Waals surface area contributed by atoms with Crippen molar-refractivity contribution >= 4 is 21.7 Å². The molecule has 0 aliphatic carbocycles. The van der Waals surface area contributed by atoms with Crippen LogP contribution in [0.1, 0.15) is 15.6 Å². The van der Waals surface area contributed by atoms with Crippen LogP contribution >= 0.6 is 15.9 Å². The molecule has 2 rings (SSSR count). The number of pyridine rings is 1. The number of ether oxygens (including phenoxy) is 1. The second-order valence-electron chi connectivity index (χ2n) is 3.50. The highest BCUT2D eigenvalue weighted by atomic mass is 79.9. The van der Waals surface area contributed by atoms with Gasteiger partial charge in [-0.25, -0.2) is 4.98 Å². The average Bonchev–Trinajstić information content (AvgIpc) is 2.29. The largest absolute Gasteiger partial charge is 0.381 e. The Morgan fingerprint density at radius 2 is 2.33 bits per heavy atom. The van der Waals surface area contributed by atoms with Crippen molar-refractivity contribution in [3.8, 4) is 0 Å². The number of nitrogens with zero attached hydrogens (tertiary/aromatic N) is 1. The van der Waals surface area contributed by atoms with E-state index in [4.69, 9.17) is 7.48 Å². The van der Waals surface area contributed by atoms with Crippen LogP contribution in [0.2, 0.25) is 0 Å². The smallest absolute Gasteiger partial charge is 0.127 e. The van der Waals surface area contributed by atoms with E-state index >= 15 is 0 Å². The van der Waals surface area contributed by atoms with Crippen molar-refractivity contribution in [3.05, 3.63) is 22.8 Å². The lowest BCUT2D eigenvalue weighted by Crippen LogP contribution is -2.22. The lowest BCUT2D eigenvalue weighted by Gasteiger charge is -2.22. The summed E-state index contributed by atoms with van der Waals surface area (Å²) < 4.78 is 22.1. The van der Waals surface area contributed by atoms with Crippen LogP contribution in [-0.2, 0) is 4.74 Å². The molecule has 1 fully saturated rings. The Bertz CT molecular complexity index is 383. The van der Waals surface area contributed by atoms with E-state index < -0.39 is 6.50 Å². The summed E-state index contributed by atoms with van der Waals surface area (Å²) in [7, 11) is 0. The van der Waals surface area contributed by atoms with Crippen molar-refractivity contribution in [1.82, 2.24) is 4.98 Å². The van der Waals surface area contributed by atoms with Crippen molar-refractivity contribution in [2.75, 3.05) is 25.0 Å². The van der Waals surface area contributed by atoms with Crippen LogP contribution in [0, 0.1) is 5.92 Å². The van der Waals surface area contributed by atoms with Crippen molar-refractivity contribution in [2.45, 2.75) is 12.8 Å². The fourth-order valence-corrected chi connectivity index (χ4v) is 1.84. The van der Waals surface area contributed by atoms with E-state index in [2.05, 4.69) is 26.2 Å². The van der Waals surface area contributed by atoms with E-state index in [1.807, 2.05) is 12.1 Å². The first-order valence-corrected chi connectivity index (χ1v) is 5.86. The number of halogens is 1. The summed E-state index contributed by atoms with van der Waals surface area (Å²) >= 11 is 3.27. The monoisotopic (exact) mass is 272 g/mol. The highest BCUT2D eigenvalue weighted by molar-refractivity contribution is 9.10. The predicted octanol–water partition coefficient (Wildman–Crippen LogP) is 2.68. The molecule has 1 aliphatic heterocycles. The zero-order valence-corrected chi connectivity index (χ0v) is 9.96.